The Morgan fingerprint density at radius 1 is 1.09 bits per heavy atom. The van der Waals surface area contributed by atoms with Gasteiger partial charge in [-0.3, -0.25) is 9.59 Å². The van der Waals surface area contributed by atoms with Crippen LogP contribution in [0.4, 0.5) is 17.1 Å². The molecule has 0 radical (unpaired) electrons. The van der Waals surface area contributed by atoms with Crippen LogP contribution in [0, 0.1) is 13.8 Å². The molecule has 1 atom stereocenters. The Morgan fingerprint density at radius 3 is 2.64 bits per heavy atom. The van der Waals surface area contributed by atoms with E-state index in [1.54, 1.807) is 6.26 Å². The fourth-order valence-electron chi connectivity index (χ4n) is 4.92. The Balaban J connectivity index is 1.57. The maximum atomic E-state index is 13.3. The number of rotatable bonds is 4. The van der Waals surface area contributed by atoms with Gasteiger partial charge in [-0.05, 0) is 74.2 Å². The molecular weight excluding hydrogens is 414 g/mol. The number of fused-ring (bicyclic) bond motifs is 1. The van der Waals surface area contributed by atoms with E-state index in [-0.39, 0.29) is 18.2 Å². The highest BCUT2D eigenvalue weighted by Crippen LogP contribution is 2.44. The molecule has 1 aliphatic carbocycles. The predicted molar refractivity (Wildman–Crippen MR) is 129 cm³/mol. The number of anilines is 3. The number of amides is 1. The van der Waals surface area contributed by atoms with Crippen LogP contribution in [0.2, 0.25) is 0 Å². The number of carbonyl (C=O) groups is 2. The van der Waals surface area contributed by atoms with E-state index >= 15 is 0 Å². The lowest BCUT2D eigenvalue weighted by molar-refractivity contribution is -0.117. The summed E-state index contributed by atoms with van der Waals surface area (Å²) in [5, 5.41) is 6.53. The van der Waals surface area contributed by atoms with Gasteiger partial charge in [0.05, 0.1) is 24.2 Å². The van der Waals surface area contributed by atoms with Crippen LogP contribution in [0.15, 0.2) is 76.5 Å². The van der Waals surface area contributed by atoms with Gasteiger partial charge in [0.2, 0.25) is 5.91 Å². The summed E-state index contributed by atoms with van der Waals surface area (Å²) in [6, 6.07) is 17.1. The molecule has 3 aromatic rings. The molecule has 0 spiro atoms. The number of furan rings is 1. The Hall–Kier alpha value is -3.80. The molecule has 2 N–H and O–H groups in total. The normalized spacial score (nSPS) is 17.7. The zero-order valence-corrected chi connectivity index (χ0v) is 18.9. The molecule has 1 amide bonds. The van der Waals surface area contributed by atoms with Gasteiger partial charge in [0.15, 0.2) is 5.78 Å². The van der Waals surface area contributed by atoms with Crippen molar-refractivity contribution in [2.75, 3.05) is 22.1 Å². The average Bonchev–Trinajstić information content (AvgIpc) is 3.25. The third kappa shape index (κ3) is 4.16. The summed E-state index contributed by atoms with van der Waals surface area (Å²) >= 11 is 0. The second kappa shape index (κ2) is 8.62. The zero-order valence-electron chi connectivity index (χ0n) is 18.9. The molecule has 6 nitrogen and oxygen atoms in total. The number of hydrogen-bond acceptors (Lipinski definition) is 5. The number of carbonyl (C=O) groups excluding carboxylic acids is 2. The molecule has 2 aliphatic rings. The summed E-state index contributed by atoms with van der Waals surface area (Å²) in [5.74, 6) is 0.590. The van der Waals surface area contributed by atoms with Gasteiger partial charge in [-0.2, -0.15) is 0 Å². The number of allylic oxidation sites excluding steroid dienone is 1. The van der Waals surface area contributed by atoms with Crippen molar-refractivity contribution in [1.29, 1.82) is 0 Å². The largest absolute Gasteiger partial charge is 0.467 e. The first-order valence-corrected chi connectivity index (χ1v) is 11.3. The van der Waals surface area contributed by atoms with E-state index in [1.165, 1.54) is 0 Å². The third-order valence-corrected chi connectivity index (χ3v) is 6.17. The van der Waals surface area contributed by atoms with Crippen LogP contribution in [-0.4, -0.2) is 18.2 Å². The van der Waals surface area contributed by atoms with Gasteiger partial charge < -0.3 is 20.0 Å². The Labute approximate surface area is 193 Å². The lowest BCUT2D eigenvalue weighted by atomic mass is 9.88. The minimum absolute atomic E-state index is 0.0705. The van der Waals surface area contributed by atoms with E-state index in [1.807, 2.05) is 67.3 Å². The van der Waals surface area contributed by atoms with E-state index in [2.05, 4.69) is 16.7 Å². The summed E-state index contributed by atoms with van der Waals surface area (Å²) < 4.78 is 5.81. The van der Waals surface area contributed by atoms with Crippen molar-refractivity contribution < 1.29 is 14.0 Å². The zero-order chi connectivity index (χ0) is 22.9. The van der Waals surface area contributed by atoms with Crippen molar-refractivity contribution in [2.24, 2.45) is 0 Å². The van der Waals surface area contributed by atoms with Gasteiger partial charge in [-0.15, -0.1) is 0 Å². The summed E-state index contributed by atoms with van der Waals surface area (Å²) in [6.07, 6.45) is 3.71. The molecule has 1 aliphatic heterocycles. The van der Waals surface area contributed by atoms with Crippen molar-refractivity contribution in [2.45, 2.75) is 39.2 Å². The van der Waals surface area contributed by atoms with E-state index < -0.39 is 6.04 Å². The van der Waals surface area contributed by atoms with E-state index in [4.69, 9.17) is 4.42 Å². The molecular formula is C27H27N3O3. The Morgan fingerprint density at radius 2 is 1.88 bits per heavy atom. The Kier molecular flexibility index (Phi) is 5.50. The fraction of sp³-hybridized carbons (Fsp3) is 0.259. The molecule has 0 fully saturated rings. The van der Waals surface area contributed by atoms with Gasteiger partial charge in [0.1, 0.15) is 11.8 Å². The van der Waals surface area contributed by atoms with Crippen molar-refractivity contribution in [3.8, 4) is 0 Å². The average molecular weight is 442 g/mol. The second-order valence-corrected chi connectivity index (χ2v) is 8.78. The molecule has 2 aromatic carbocycles. The molecule has 0 unspecified atom stereocenters. The number of aryl methyl sites for hydroxylation is 2. The van der Waals surface area contributed by atoms with Crippen LogP contribution in [0.1, 0.15) is 42.2 Å². The quantitative estimate of drug-likeness (QED) is 0.558. The topological polar surface area (TPSA) is 74.6 Å². The van der Waals surface area contributed by atoms with Crippen LogP contribution >= 0.6 is 0 Å². The lowest BCUT2D eigenvalue weighted by Crippen LogP contribution is -2.38. The summed E-state index contributed by atoms with van der Waals surface area (Å²) in [4.78, 5) is 28.4. The number of hydrogen-bond donors (Lipinski definition) is 2. The maximum Gasteiger partial charge on any atom is 0.243 e. The van der Waals surface area contributed by atoms with Crippen molar-refractivity contribution in [3.63, 3.8) is 0 Å². The number of ketones is 1. The standard InChI is InChI=1S/C27H27N3O3/c1-17-13-18(2)15-19(14-17)28-25(32)16-30-22-9-4-3-7-20(22)29-21-8-5-10-23(31)26(21)27(30)24-11-6-12-33-24/h3-4,6-7,9,11-15,27,29H,5,8,10,16H2,1-2H3,(H,28,32)/t27-/m0/s1. The van der Waals surface area contributed by atoms with Crippen LogP contribution in [-0.2, 0) is 9.59 Å². The number of Topliss-reactive ketones (excluding diaryl/α,β-unsaturated/α-hetero) is 1. The molecule has 33 heavy (non-hydrogen) atoms. The third-order valence-electron chi connectivity index (χ3n) is 6.17. The minimum Gasteiger partial charge on any atom is -0.467 e. The summed E-state index contributed by atoms with van der Waals surface area (Å²) in [5.41, 5.74) is 6.28. The number of nitrogens with one attached hydrogen (secondary N) is 2. The van der Waals surface area contributed by atoms with Gasteiger partial charge in [-0.1, -0.05) is 18.2 Å². The molecule has 0 saturated heterocycles. The van der Waals surface area contributed by atoms with Gasteiger partial charge >= 0.3 is 0 Å². The van der Waals surface area contributed by atoms with Crippen LogP contribution in [0.3, 0.4) is 0 Å². The molecule has 0 saturated carbocycles. The van der Waals surface area contributed by atoms with E-state index in [0.29, 0.717) is 17.8 Å². The highest BCUT2D eigenvalue weighted by molar-refractivity contribution is 6.02. The smallest absolute Gasteiger partial charge is 0.243 e. The highest BCUT2D eigenvalue weighted by atomic mass is 16.3. The first-order valence-electron chi connectivity index (χ1n) is 11.3. The van der Waals surface area contributed by atoms with Crippen LogP contribution in [0.25, 0.3) is 0 Å². The molecule has 2 heterocycles. The summed E-state index contributed by atoms with van der Waals surface area (Å²) in [6.45, 7) is 4.09. The maximum absolute atomic E-state index is 13.3. The van der Waals surface area contributed by atoms with Gasteiger partial charge in [-0.25, -0.2) is 0 Å². The lowest BCUT2D eigenvalue weighted by Gasteiger charge is -2.33. The second-order valence-electron chi connectivity index (χ2n) is 8.78. The predicted octanol–water partition coefficient (Wildman–Crippen LogP) is 5.52. The highest BCUT2D eigenvalue weighted by Gasteiger charge is 2.38. The molecule has 6 heteroatoms. The number of nitrogens with zero attached hydrogens (tertiary/aromatic N) is 1. The molecule has 168 valence electrons. The van der Waals surface area contributed by atoms with Gasteiger partial charge in [0, 0.05) is 23.4 Å². The minimum atomic E-state index is -0.482. The SMILES string of the molecule is Cc1cc(C)cc(NC(=O)CN2c3ccccc3NC3=C(C(=O)CCC3)[C@@H]2c2ccco2)c1. The first-order chi connectivity index (χ1) is 16.0. The van der Waals surface area contributed by atoms with E-state index in [9.17, 15) is 9.59 Å². The molecule has 1 aromatic heterocycles. The van der Waals surface area contributed by atoms with Crippen molar-refractivity contribution in [3.05, 3.63) is 89.0 Å². The van der Waals surface area contributed by atoms with Gasteiger partial charge in [0.25, 0.3) is 0 Å². The molecule has 5 rings (SSSR count). The number of benzene rings is 2. The van der Waals surface area contributed by atoms with E-state index in [0.717, 1.165) is 46.7 Å². The monoisotopic (exact) mass is 441 g/mol. The first kappa shape index (κ1) is 21.1. The van der Waals surface area contributed by atoms with Crippen molar-refractivity contribution >= 4 is 28.8 Å². The number of para-hydroxylation sites is 2. The molecule has 0 bridgehead atoms. The Bertz CT molecular complexity index is 1220. The summed E-state index contributed by atoms with van der Waals surface area (Å²) in [7, 11) is 0. The van der Waals surface area contributed by atoms with Crippen molar-refractivity contribution in [1.82, 2.24) is 0 Å². The fourth-order valence-corrected chi connectivity index (χ4v) is 4.92. The van der Waals surface area contributed by atoms with Crippen LogP contribution < -0.4 is 15.5 Å². The van der Waals surface area contributed by atoms with Crippen LogP contribution in [0.5, 0.6) is 0 Å².